The molecule has 1 aromatic carbocycles. The summed E-state index contributed by atoms with van der Waals surface area (Å²) in [6.07, 6.45) is 1.22. The molecule has 100 valence electrons. The molecule has 0 aliphatic carbocycles. The van der Waals surface area contributed by atoms with E-state index in [1.165, 1.54) is 23.2 Å². The lowest BCUT2D eigenvalue weighted by Crippen LogP contribution is -2.47. The van der Waals surface area contributed by atoms with E-state index in [2.05, 4.69) is 50.8 Å². The van der Waals surface area contributed by atoms with Crippen molar-refractivity contribution in [1.82, 2.24) is 0 Å². The van der Waals surface area contributed by atoms with E-state index < -0.39 is 0 Å². The second kappa shape index (κ2) is 4.93. The third-order valence-corrected chi connectivity index (χ3v) is 4.43. The molecule has 2 nitrogen and oxygen atoms in total. The number of benzene rings is 1. The van der Waals surface area contributed by atoms with Gasteiger partial charge in [-0.25, -0.2) is 0 Å². The Labute approximate surface area is 111 Å². The number of hydrogen-bond acceptors (Lipinski definition) is 2. The van der Waals surface area contributed by atoms with Crippen molar-refractivity contribution in [2.45, 2.75) is 34.1 Å². The lowest BCUT2D eigenvalue weighted by Gasteiger charge is -2.44. The minimum absolute atomic E-state index is 0.379. The van der Waals surface area contributed by atoms with Crippen LogP contribution >= 0.6 is 0 Å². The van der Waals surface area contributed by atoms with Crippen LogP contribution in [0.1, 0.15) is 31.4 Å². The normalized spacial score (nSPS) is 23.2. The maximum absolute atomic E-state index is 5.95. The fourth-order valence-corrected chi connectivity index (χ4v) is 2.99. The van der Waals surface area contributed by atoms with Gasteiger partial charge in [0, 0.05) is 18.8 Å². The minimum Gasteiger partial charge on any atom is -0.371 e. The van der Waals surface area contributed by atoms with Crippen LogP contribution in [0.25, 0.3) is 0 Å². The molecule has 1 heterocycles. The second-order valence-corrected chi connectivity index (χ2v) is 6.46. The summed E-state index contributed by atoms with van der Waals surface area (Å²) in [6.45, 7) is 12.1. The molecule has 0 aromatic heterocycles. The summed E-state index contributed by atoms with van der Waals surface area (Å²) in [5.41, 5.74) is 10.4. The maximum atomic E-state index is 5.95. The van der Waals surface area contributed by atoms with E-state index >= 15 is 0 Å². The van der Waals surface area contributed by atoms with Crippen LogP contribution in [0, 0.1) is 25.2 Å². The van der Waals surface area contributed by atoms with Crippen LogP contribution in [0.15, 0.2) is 18.2 Å². The fourth-order valence-electron chi connectivity index (χ4n) is 2.99. The van der Waals surface area contributed by atoms with Crippen molar-refractivity contribution in [3.8, 4) is 0 Å². The maximum Gasteiger partial charge on any atom is 0.0371 e. The van der Waals surface area contributed by atoms with E-state index in [1.807, 2.05) is 0 Å². The summed E-state index contributed by atoms with van der Waals surface area (Å²) in [6, 6.07) is 6.82. The summed E-state index contributed by atoms with van der Waals surface area (Å²) in [4.78, 5) is 2.50. The first kappa shape index (κ1) is 13.4. The smallest absolute Gasteiger partial charge is 0.0371 e. The highest BCUT2D eigenvalue weighted by Crippen LogP contribution is 2.36. The van der Waals surface area contributed by atoms with Crippen LogP contribution < -0.4 is 10.6 Å². The van der Waals surface area contributed by atoms with Gasteiger partial charge in [0.05, 0.1) is 0 Å². The molecule has 0 bridgehead atoms. The standard InChI is InChI=1S/C16H26N2/c1-12-7-13(2)9-15(8-12)18-6-5-16(3,4)14(10-17)11-18/h7-9,14H,5-6,10-11,17H2,1-4H3. The topological polar surface area (TPSA) is 29.3 Å². The molecular weight excluding hydrogens is 220 g/mol. The predicted molar refractivity (Wildman–Crippen MR) is 79.1 cm³/mol. The Bertz CT molecular complexity index is 403. The Hall–Kier alpha value is -1.02. The van der Waals surface area contributed by atoms with Crippen LogP contribution in [0.3, 0.4) is 0 Å². The summed E-state index contributed by atoms with van der Waals surface area (Å²) in [5.74, 6) is 0.590. The zero-order valence-corrected chi connectivity index (χ0v) is 12.2. The SMILES string of the molecule is Cc1cc(C)cc(N2CCC(C)(C)C(CN)C2)c1. The first-order valence-electron chi connectivity index (χ1n) is 6.96. The first-order chi connectivity index (χ1) is 8.42. The van der Waals surface area contributed by atoms with E-state index in [-0.39, 0.29) is 0 Å². The summed E-state index contributed by atoms with van der Waals surface area (Å²) in [7, 11) is 0. The van der Waals surface area contributed by atoms with Crippen molar-refractivity contribution in [3.05, 3.63) is 29.3 Å². The van der Waals surface area contributed by atoms with Gasteiger partial charge in [0.1, 0.15) is 0 Å². The van der Waals surface area contributed by atoms with Gasteiger partial charge in [-0.2, -0.15) is 0 Å². The molecule has 1 aliphatic rings. The quantitative estimate of drug-likeness (QED) is 0.868. The molecule has 2 N–H and O–H groups in total. The molecule has 1 saturated heterocycles. The van der Waals surface area contributed by atoms with Crippen molar-refractivity contribution in [2.24, 2.45) is 17.1 Å². The molecule has 0 saturated carbocycles. The molecule has 0 radical (unpaired) electrons. The van der Waals surface area contributed by atoms with Crippen molar-refractivity contribution in [2.75, 3.05) is 24.5 Å². The number of hydrogen-bond donors (Lipinski definition) is 1. The second-order valence-electron chi connectivity index (χ2n) is 6.46. The molecule has 18 heavy (non-hydrogen) atoms. The zero-order chi connectivity index (χ0) is 13.3. The molecule has 1 unspecified atom stereocenters. The molecular formula is C16H26N2. The van der Waals surface area contributed by atoms with Crippen LogP contribution in [0.2, 0.25) is 0 Å². The van der Waals surface area contributed by atoms with Gasteiger partial charge in [-0.3, -0.25) is 0 Å². The largest absolute Gasteiger partial charge is 0.371 e. The predicted octanol–water partition coefficient (Wildman–Crippen LogP) is 3.11. The average Bonchev–Trinajstić information content (AvgIpc) is 2.27. The summed E-state index contributed by atoms with van der Waals surface area (Å²) < 4.78 is 0. The third-order valence-electron chi connectivity index (χ3n) is 4.43. The highest BCUT2D eigenvalue weighted by Gasteiger charge is 2.34. The van der Waals surface area contributed by atoms with Crippen molar-refractivity contribution in [3.63, 3.8) is 0 Å². The lowest BCUT2D eigenvalue weighted by atomic mass is 9.73. The Morgan fingerprint density at radius 3 is 2.39 bits per heavy atom. The van der Waals surface area contributed by atoms with Gasteiger partial charge < -0.3 is 10.6 Å². The Balaban J connectivity index is 2.20. The van der Waals surface area contributed by atoms with Crippen LogP contribution in [0.5, 0.6) is 0 Å². The number of aryl methyl sites for hydroxylation is 2. The number of anilines is 1. The molecule has 0 amide bonds. The first-order valence-corrected chi connectivity index (χ1v) is 6.96. The number of rotatable bonds is 2. The van der Waals surface area contributed by atoms with Crippen LogP contribution in [-0.4, -0.2) is 19.6 Å². The highest BCUT2D eigenvalue weighted by atomic mass is 15.1. The van der Waals surface area contributed by atoms with Crippen molar-refractivity contribution >= 4 is 5.69 Å². The van der Waals surface area contributed by atoms with E-state index in [0.717, 1.165) is 19.6 Å². The molecule has 1 aliphatic heterocycles. The molecule has 2 rings (SSSR count). The van der Waals surface area contributed by atoms with E-state index in [1.54, 1.807) is 0 Å². The Morgan fingerprint density at radius 1 is 1.22 bits per heavy atom. The van der Waals surface area contributed by atoms with Crippen molar-refractivity contribution in [1.29, 1.82) is 0 Å². The summed E-state index contributed by atoms with van der Waals surface area (Å²) >= 11 is 0. The van der Waals surface area contributed by atoms with Gasteiger partial charge in [0.15, 0.2) is 0 Å². The van der Waals surface area contributed by atoms with Crippen molar-refractivity contribution < 1.29 is 0 Å². The Morgan fingerprint density at radius 2 is 1.83 bits per heavy atom. The van der Waals surface area contributed by atoms with Gasteiger partial charge >= 0.3 is 0 Å². The van der Waals surface area contributed by atoms with Gasteiger partial charge in [0.2, 0.25) is 0 Å². The third kappa shape index (κ3) is 2.69. The molecule has 1 aromatic rings. The van der Waals surface area contributed by atoms with Gasteiger partial charge in [-0.05, 0) is 61.4 Å². The van der Waals surface area contributed by atoms with E-state index in [0.29, 0.717) is 11.3 Å². The molecule has 1 fully saturated rings. The number of nitrogens with two attached hydrogens (primary N) is 1. The van der Waals surface area contributed by atoms with Gasteiger partial charge in [-0.15, -0.1) is 0 Å². The average molecular weight is 246 g/mol. The monoisotopic (exact) mass is 246 g/mol. The lowest BCUT2D eigenvalue weighted by molar-refractivity contribution is 0.177. The van der Waals surface area contributed by atoms with E-state index in [4.69, 9.17) is 5.73 Å². The van der Waals surface area contributed by atoms with E-state index in [9.17, 15) is 0 Å². The molecule has 0 spiro atoms. The summed E-state index contributed by atoms with van der Waals surface area (Å²) in [5, 5.41) is 0. The zero-order valence-electron chi connectivity index (χ0n) is 12.2. The number of piperidine rings is 1. The minimum atomic E-state index is 0.379. The number of nitrogens with zero attached hydrogens (tertiary/aromatic N) is 1. The van der Waals surface area contributed by atoms with Crippen LogP contribution in [-0.2, 0) is 0 Å². The van der Waals surface area contributed by atoms with Gasteiger partial charge in [0.25, 0.3) is 0 Å². The fraction of sp³-hybridized carbons (Fsp3) is 0.625. The van der Waals surface area contributed by atoms with Gasteiger partial charge in [-0.1, -0.05) is 19.9 Å². The van der Waals surface area contributed by atoms with Crippen LogP contribution in [0.4, 0.5) is 5.69 Å². The molecule has 1 atom stereocenters. The molecule has 2 heteroatoms. The Kier molecular flexibility index (Phi) is 3.67. The highest BCUT2D eigenvalue weighted by molar-refractivity contribution is 5.51.